The summed E-state index contributed by atoms with van der Waals surface area (Å²) in [4.78, 5) is 19.2. The zero-order valence-corrected chi connectivity index (χ0v) is 18.4. The third kappa shape index (κ3) is 4.74. The van der Waals surface area contributed by atoms with E-state index in [4.69, 9.17) is 19.2 Å². The van der Waals surface area contributed by atoms with Gasteiger partial charge in [-0.05, 0) is 39.3 Å². The van der Waals surface area contributed by atoms with Gasteiger partial charge in [0.15, 0.2) is 6.23 Å². The van der Waals surface area contributed by atoms with E-state index in [0.717, 1.165) is 40.8 Å². The van der Waals surface area contributed by atoms with Crippen LogP contribution in [0.5, 0.6) is 11.5 Å². The van der Waals surface area contributed by atoms with Crippen LogP contribution in [0.2, 0.25) is 0 Å². The van der Waals surface area contributed by atoms with Crippen LogP contribution in [0.3, 0.4) is 0 Å². The second kappa shape index (κ2) is 8.46. The summed E-state index contributed by atoms with van der Waals surface area (Å²) in [6, 6.07) is 17.6. The van der Waals surface area contributed by atoms with Crippen molar-refractivity contribution in [3.8, 4) is 22.8 Å². The van der Waals surface area contributed by atoms with Gasteiger partial charge in [0.25, 0.3) is 0 Å². The lowest BCUT2D eigenvalue weighted by Gasteiger charge is -2.29. The molecule has 162 valence electrons. The molecular weight excluding hydrogens is 392 g/mol. The summed E-state index contributed by atoms with van der Waals surface area (Å²) < 4.78 is 17.4. The number of hydrogen-bond acceptors (Lipinski definition) is 5. The molecule has 2 aromatic carbocycles. The second-order valence-electron chi connectivity index (χ2n) is 8.64. The van der Waals surface area contributed by atoms with Gasteiger partial charge in [-0.2, -0.15) is 0 Å². The fraction of sp³-hybridized carbons (Fsp3) is 0.360. The molecule has 2 heterocycles. The van der Waals surface area contributed by atoms with Crippen LogP contribution in [0, 0.1) is 0 Å². The fourth-order valence-electron chi connectivity index (χ4n) is 3.69. The van der Waals surface area contributed by atoms with Crippen LogP contribution in [0.25, 0.3) is 22.2 Å². The number of pyridine rings is 1. The zero-order chi connectivity index (χ0) is 22.0. The first-order valence-electron chi connectivity index (χ1n) is 10.5. The molecular formula is C25H28N2O4. The predicted octanol–water partition coefficient (Wildman–Crippen LogP) is 5.65. The number of rotatable bonds is 4. The first-order chi connectivity index (χ1) is 14.8. The predicted molar refractivity (Wildman–Crippen MR) is 120 cm³/mol. The van der Waals surface area contributed by atoms with Crippen molar-refractivity contribution in [3.63, 3.8) is 0 Å². The third-order valence-corrected chi connectivity index (χ3v) is 5.14. The van der Waals surface area contributed by atoms with Gasteiger partial charge >= 0.3 is 6.09 Å². The van der Waals surface area contributed by atoms with E-state index in [1.54, 1.807) is 12.0 Å². The molecule has 1 atom stereocenters. The molecule has 1 aromatic heterocycles. The van der Waals surface area contributed by atoms with Crippen molar-refractivity contribution in [1.29, 1.82) is 0 Å². The van der Waals surface area contributed by atoms with Gasteiger partial charge in [-0.1, -0.05) is 30.3 Å². The highest BCUT2D eigenvalue weighted by molar-refractivity contribution is 5.89. The van der Waals surface area contributed by atoms with Crippen molar-refractivity contribution >= 4 is 17.0 Å². The van der Waals surface area contributed by atoms with Crippen molar-refractivity contribution in [3.05, 3.63) is 54.6 Å². The van der Waals surface area contributed by atoms with Gasteiger partial charge in [0, 0.05) is 36.0 Å². The van der Waals surface area contributed by atoms with Crippen LogP contribution in [-0.2, 0) is 4.74 Å². The van der Waals surface area contributed by atoms with Crippen LogP contribution in [0.1, 0.15) is 33.6 Å². The molecule has 1 saturated heterocycles. The van der Waals surface area contributed by atoms with Crippen LogP contribution in [0.15, 0.2) is 54.6 Å². The molecule has 6 heteroatoms. The molecule has 4 rings (SSSR count). The Kier molecular flexibility index (Phi) is 5.72. The molecule has 6 nitrogen and oxygen atoms in total. The molecule has 1 fully saturated rings. The van der Waals surface area contributed by atoms with Gasteiger partial charge < -0.3 is 14.2 Å². The average molecular weight is 421 g/mol. The Morgan fingerprint density at radius 1 is 1.10 bits per heavy atom. The topological polar surface area (TPSA) is 60.9 Å². The van der Waals surface area contributed by atoms with Crippen molar-refractivity contribution in [2.24, 2.45) is 0 Å². The Balaban J connectivity index is 1.71. The number of aromatic nitrogens is 1. The van der Waals surface area contributed by atoms with Crippen molar-refractivity contribution in [1.82, 2.24) is 9.88 Å². The van der Waals surface area contributed by atoms with Crippen LogP contribution >= 0.6 is 0 Å². The smallest absolute Gasteiger partial charge is 0.413 e. The summed E-state index contributed by atoms with van der Waals surface area (Å²) >= 11 is 0. The Morgan fingerprint density at radius 2 is 1.87 bits per heavy atom. The summed E-state index contributed by atoms with van der Waals surface area (Å²) in [7, 11) is 1.64. The Bertz CT molecular complexity index is 1080. The number of ether oxygens (including phenoxy) is 3. The van der Waals surface area contributed by atoms with Gasteiger partial charge in [-0.15, -0.1) is 0 Å². The molecule has 0 aliphatic carbocycles. The summed E-state index contributed by atoms with van der Waals surface area (Å²) in [5.74, 6) is 1.42. The number of fused-ring (bicyclic) bond motifs is 1. The van der Waals surface area contributed by atoms with Gasteiger partial charge in [-0.25, -0.2) is 9.78 Å². The molecule has 1 aliphatic rings. The lowest BCUT2D eigenvalue weighted by atomic mass is 10.1. The largest absolute Gasteiger partial charge is 0.497 e. The molecule has 1 aliphatic heterocycles. The number of amides is 1. The van der Waals surface area contributed by atoms with Crippen LogP contribution in [-0.4, -0.2) is 41.5 Å². The third-order valence-electron chi connectivity index (χ3n) is 5.14. The second-order valence-corrected chi connectivity index (χ2v) is 8.64. The van der Waals surface area contributed by atoms with E-state index in [-0.39, 0.29) is 12.3 Å². The molecule has 31 heavy (non-hydrogen) atoms. The Hall–Kier alpha value is -3.28. The minimum Gasteiger partial charge on any atom is -0.497 e. The van der Waals surface area contributed by atoms with Gasteiger partial charge in [-0.3, -0.25) is 4.90 Å². The number of nitrogens with zero attached hydrogens (tertiary/aromatic N) is 2. The Morgan fingerprint density at radius 3 is 2.58 bits per heavy atom. The van der Waals surface area contributed by atoms with Gasteiger partial charge in [0.05, 0.1) is 18.3 Å². The van der Waals surface area contributed by atoms with Gasteiger partial charge in [0.1, 0.15) is 17.1 Å². The molecule has 0 N–H and O–H groups in total. The number of hydrogen-bond donors (Lipinski definition) is 0. The quantitative estimate of drug-likeness (QED) is 0.546. The van der Waals surface area contributed by atoms with Crippen molar-refractivity contribution in [2.75, 3.05) is 13.7 Å². The highest BCUT2D eigenvalue weighted by atomic mass is 16.6. The number of carbonyl (C=O) groups is 1. The van der Waals surface area contributed by atoms with E-state index in [0.29, 0.717) is 12.3 Å². The molecule has 1 amide bonds. The average Bonchev–Trinajstić information content (AvgIpc) is 3.21. The maximum Gasteiger partial charge on any atom is 0.413 e. The molecule has 0 bridgehead atoms. The van der Waals surface area contributed by atoms with Crippen LogP contribution < -0.4 is 9.47 Å². The van der Waals surface area contributed by atoms with Crippen molar-refractivity contribution < 1.29 is 19.0 Å². The van der Waals surface area contributed by atoms with E-state index >= 15 is 0 Å². The molecule has 0 radical (unpaired) electrons. The Labute approximate surface area is 182 Å². The van der Waals surface area contributed by atoms with E-state index in [1.807, 2.05) is 75.4 Å². The minimum absolute atomic E-state index is 0.349. The van der Waals surface area contributed by atoms with E-state index < -0.39 is 5.60 Å². The zero-order valence-electron chi connectivity index (χ0n) is 18.4. The maximum absolute atomic E-state index is 12.7. The first-order valence-corrected chi connectivity index (χ1v) is 10.5. The fourth-order valence-corrected chi connectivity index (χ4v) is 3.69. The van der Waals surface area contributed by atoms with Crippen LogP contribution in [0.4, 0.5) is 4.79 Å². The first kappa shape index (κ1) is 21.0. The molecule has 0 spiro atoms. The molecule has 0 saturated carbocycles. The SMILES string of the molecule is COc1ccc2c(OC3CCCN3C(=O)OC(C)(C)C)cc(-c3ccccc3)nc2c1. The standard InChI is InChI=1S/C25H28N2O4/c1-25(2,3)31-24(28)27-14-8-11-23(27)30-22-16-20(17-9-6-5-7-10-17)26-21-15-18(29-4)12-13-19(21)22/h5-7,9-10,12-13,15-16,23H,8,11,14H2,1-4H3. The lowest BCUT2D eigenvalue weighted by molar-refractivity contribution is -0.00473. The lowest BCUT2D eigenvalue weighted by Crippen LogP contribution is -2.42. The summed E-state index contributed by atoms with van der Waals surface area (Å²) in [6.45, 7) is 6.22. The maximum atomic E-state index is 12.7. The highest BCUT2D eigenvalue weighted by Gasteiger charge is 2.34. The van der Waals surface area contributed by atoms with E-state index in [2.05, 4.69) is 0 Å². The number of benzene rings is 2. The summed E-state index contributed by atoms with van der Waals surface area (Å²) in [5, 5.41) is 0.872. The summed E-state index contributed by atoms with van der Waals surface area (Å²) in [6.07, 6.45) is 0.885. The number of methoxy groups -OCH3 is 1. The number of likely N-dealkylation sites (tertiary alicyclic amines) is 1. The van der Waals surface area contributed by atoms with E-state index in [1.165, 1.54) is 0 Å². The molecule has 1 unspecified atom stereocenters. The summed E-state index contributed by atoms with van der Waals surface area (Å²) in [5.41, 5.74) is 2.02. The normalized spacial score (nSPS) is 16.4. The minimum atomic E-state index is -0.551. The highest BCUT2D eigenvalue weighted by Crippen LogP contribution is 2.34. The molecule has 3 aromatic rings. The number of carbonyl (C=O) groups excluding carboxylic acids is 1. The monoisotopic (exact) mass is 420 g/mol. The van der Waals surface area contributed by atoms with Crippen molar-refractivity contribution in [2.45, 2.75) is 45.4 Å². The van der Waals surface area contributed by atoms with E-state index in [9.17, 15) is 4.79 Å². The van der Waals surface area contributed by atoms with Gasteiger partial charge in [0.2, 0.25) is 0 Å².